The number of ketones is 1. The van der Waals surface area contributed by atoms with Crippen LogP contribution in [0.4, 0.5) is 0 Å². The zero-order chi connectivity index (χ0) is 12.8. The minimum Gasteiger partial charge on any atom is -0.298 e. The predicted molar refractivity (Wildman–Crippen MR) is 72.2 cm³/mol. The van der Waals surface area contributed by atoms with Gasteiger partial charge < -0.3 is 0 Å². The summed E-state index contributed by atoms with van der Waals surface area (Å²) < 4.78 is 0. The Morgan fingerprint density at radius 2 is 1.76 bits per heavy atom. The summed E-state index contributed by atoms with van der Waals surface area (Å²) in [6.45, 7) is 4.14. The Hall–Kier alpha value is -0.240. The quantitative estimate of drug-likeness (QED) is 0.747. The number of rotatable bonds is 3. The van der Waals surface area contributed by atoms with Crippen molar-refractivity contribution in [1.82, 2.24) is 0 Å². The maximum Gasteiger partial charge on any atom is 0.151 e. The van der Waals surface area contributed by atoms with E-state index in [9.17, 15) is 4.79 Å². The number of hydrogen-bond donors (Lipinski definition) is 0. The van der Waals surface area contributed by atoms with Crippen LogP contribution in [0.1, 0.15) is 25.3 Å². The van der Waals surface area contributed by atoms with E-state index in [1.807, 2.05) is 12.1 Å². The molecule has 1 saturated carbocycles. The third-order valence-corrected chi connectivity index (χ3v) is 4.25. The highest BCUT2D eigenvalue weighted by molar-refractivity contribution is 6.34. The van der Waals surface area contributed by atoms with Crippen molar-refractivity contribution in [3.63, 3.8) is 0 Å². The first-order valence-corrected chi connectivity index (χ1v) is 6.71. The number of hydrogen-bond acceptors (Lipinski definition) is 1. The van der Waals surface area contributed by atoms with Crippen LogP contribution < -0.4 is 0 Å². The van der Waals surface area contributed by atoms with Crippen molar-refractivity contribution >= 4 is 40.6 Å². The lowest BCUT2D eigenvalue weighted by molar-refractivity contribution is -0.118. The zero-order valence-corrected chi connectivity index (χ0v) is 11.9. The lowest BCUT2D eigenvalue weighted by Gasteiger charge is -2.04. The topological polar surface area (TPSA) is 17.1 Å². The molecule has 0 spiro atoms. The number of carbonyl (C=O) groups is 1. The first kappa shape index (κ1) is 13.2. The molecular formula is C13H13Cl3O. The molecule has 1 nitrogen and oxygen atoms in total. The Balaban J connectivity index is 2.33. The summed E-state index contributed by atoms with van der Waals surface area (Å²) in [5.41, 5.74) is 0.968. The van der Waals surface area contributed by atoms with Crippen molar-refractivity contribution in [2.45, 2.75) is 19.8 Å². The SMILES string of the molecule is CC1(C)[C@H](C(=O)CCl)[C@H]1c1cc(Cl)cc(Cl)c1. The molecule has 1 aliphatic rings. The summed E-state index contributed by atoms with van der Waals surface area (Å²) >= 11 is 17.6. The normalized spacial score (nSPS) is 25.7. The third-order valence-electron chi connectivity index (χ3n) is 3.55. The van der Waals surface area contributed by atoms with Gasteiger partial charge in [-0.25, -0.2) is 0 Å². The molecule has 1 fully saturated rings. The summed E-state index contributed by atoms with van der Waals surface area (Å²) in [7, 11) is 0. The molecule has 0 radical (unpaired) electrons. The van der Waals surface area contributed by atoms with Crippen molar-refractivity contribution < 1.29 is 4.79 Å². The largest absolute Gasteiger partial charge is 0.298 e. The van der Waals surface area contributed by atoms with Crippen LogP contribution in [0, 0.1) is 11.3 Å². The van der Waals surface area contributed by atoms with E-state index in [1.54, 1.807) is 6.07 Å². The Morgan fingerprint density at radius 1 is 1.24 bits per heavy atom. The van der Waals surface area contributed by atoms with E-state index in [1.165, 1.54) is 0 Å². The van der Waals surface area contributed by atoms with E-state index in [0.29, 0.717) is 10.0 Å². The molecule has 0 N–H and O–H groups in total. The lowest BCUT2D eigenvalue weighted by atomic mass is 10.0. The van der Waals surface area contributed by atoms with Gasteiger partial charge in [-0.2, -0.15) is 0 Å². The molecule has 0 aromatic heterocycles. The second kappa shape index (κ2) is 4.46. The number of alkyl halides is 1. The molecule has 92 valence electrons. The molecule has 1 aromatic rings. The van der Waals surface area contributed by atoms with Gasteiger partial charge in [-0.3, -0.25) is 4.79 Å². The molecule has 2 rings (SSSR count). The van der Waals surface area contributed by atoms with Gasteiger partial charge in [-0.15, -0.1) is 11.6 Å². The molecule has 0 bridgehead atoms. The number of benzene rings is 1. The fourth-order valence-electron chi connectivity index (χ4n) is 2.70. The van der Waals surface area contributed by atoms with Crippen LogP contribution in [-0.2, 0) is 4.79 Å². The van der Waals surface area contributed by atoms with Gasteiger partial charge in [-0.1, -0.05) is 37.0 Å². The Bertz CT molecular complexity index is 447. The first-order chi connectivity index (χ1) is 7.87. The Morgan fingerprint density at radius 3 is 2.24 bits per heavy atom. The Labute approximate surface area is 116 Å². The van der Waals surface area contributed by atoms with E-state index < -0.39 is 0 Å². The van der Waals surface area contributed by atoms with Crippen LogP contribution in [0.15, 0.2) is 18.2 Å². The van der Waals surface area contributed by atoms with Gasteiger partial charge in [0.2, 0.25) is 0 Å². The molecule has 0 amide bonds. The standard InChI is InChI=1S/C13H13Cl3O/c1-13(2)11(12(13)10(17)6-14)7-3-8(15)5-9(16)4-7/h3-5,11-12H,6H2,1-2H3/t11-,12-/m1/s1. The summed E-state index contributed by atoms with van der Waals surface area (Å²) in [4.78, 5) is 11.7. The average molecular weight is 292 g/mol. The van der Waals surface area contributed by atoms with Crippen LogP contribution >= 0.6 is 34.8 Å². The molecule has 2 atom stereocenters. The van der Waals surface area contributed by atoms with Gasteiger partial charge >= 0.3 is 0 Å². The fraction of sp³-hybridized carbons (Fsp3) is 0.462. The molecule has 0 unspecified atom stereocenters. The van der Waals surface area contributed by atoms with Crippen molar-refractivity contribution in [3.05, 3.63) is 33.8 Å². The van der Waals surface area contributed by atoms with E-state index in [2.05, 4.69) is 13.8 Å². The van der Waals surface area contributed by atoms with E-state index >= 15 is 0 Å². The molecule has 1 aliphatic carbocycles. The van der Waals surface area contributed by atoms with Gasteiger partial charge in [0, 0.05) is 21.9 Å². The number of Topliss-reactive ketones (excluding diaryl/α,β-unsaturated/α-hetero) is 1. The van der Waals surface area contributed by atoms with Crippen molar-refractivity contribution in [2.75, 3.05) is 5.88 Å². The fourth-order valence-corrected chi connectivity index (χ4v) is 3.41. The number of carbonyl (C=O) groups excluding carboxylic acids is 1. The van der Waals surface area contributed by atoms with Gasteiger partial charge in [0.05, 0.1) is 5.88 Å². The second-order valence-corrected chi connectivity index (χ2v) is 6.22. The van der Waals surface area contributed by atoms with Gasteiger partial charge in [0.25, 0.3) is 0 Å². The Kier molecular flexibility index (Phi) is 3.46. The maximum absolute atomic E-state index is 11.7. The van der Waals surface area contributed by atoms with Crippen molar-refractivity contribution in [2.24, 2.45) is 11.3 Å². The van der Waals surface area contributed by atoms with Crippen LogP contribution in [0.3, 0.4) is 0 Å². The summed E-state index contributed by atoms with van der Waals surface area (Å²) in [5, 5.41) is 1.21. The van der Waals surface area contributed by atoms with Crippen LogP contribution in [-0.4, -0.2) is 11.7 Å². The molecule has 4 heteroatoms. The van der Waals surface area contributed by atoms with Crippen LogP contribution in [0.25, 0.3) is 0 Å². The van der Waals surface area contributed by atoms with E-state index in [0.717, 1.165) is 5.56 Å². The maximum atomic E-state index is 11.7. The predicted octanol–water partition coefficient (Wildman–Crippen LogP) is 4.54. The van der Waals surface area contributed by atoms with Gasteiger partial charge in [0.15, 0.2) is 5.78 Å². The van der Waals surface area contributed by atoms with Gasteiger partial charge in [-0.05, 0) is 29.2 Å². The van der Waals surface area contributed by atoms with E-state index in [-0.39, 0.29) is 28.9 Å². The average Bonchev–Trinajstić information content (AvgIpc) is 2.79. The summed E-state index contributed by atoms with van der Waals surface area (Å²) in [5.74, 6) is 0.316. The smallest absolute Gasteiger partial charge is 0.151 e. The molecule has 0 heterocycles. The zero-order valence-electron chi connectivity index (χ0n) is 9.64. The summed E-state index contributed by atoms with van der Waals surface area (Å²) in [6, 6.07) is 5.45. The molecule has 0 saturated heterocycles. The molecule has 1 aromatic carbocycles. The van der Waals surface area contributed by atoms with Crippen LogP contribution in [0.2, 0.25) is 10.0 Å². The van der Waals surface area contributed by atoms with Crippen molar-refractivity contribution in [3.8, 4) is 0 Å². The van der Waals surface area contributed by atoms with E-state index in [4.69, 9.17) is 34.8 Å². The van der Waals surface area contributed by atoms with Crippen LogP contribution in [0.5, 0.6) is 0 Å². The highest BCUT2D eigenvalue weighted by atomic mass is 35.5. The number of halogens is 3. The minimum atomic E-state index is -0.0556. The first-order valence-electron chi connectivity index (χ1n) is 5.42. The van der Waals surface area contributed by atoms with Crippen molar-refractivity contribution in [1.29, 1.82) is 0 Å². The highest BCUT2D eigenvalue weighted by Crippen LogP contribution is 2.65. The third kappa shape index (κ3) is 2.33. The molecular weight excluding hydrogens is 279 g/mol. The second-order valence-electron chi connectivity index (χ2n) is 5.08. The van der Waals surface area contributed by atoms with Gasteiger partial charge in [0.1, 0.15) is 0 Å². The lowest BCUT2D eigenvalue weighted by Crippen LogP contribution is -2.06. The summed E-state index contributed by atoms with van der Waals surface area (Å²) in [6.07, 6.45) is 0. The highest BCUT2D eigenvalue weighted by Gasteiger charge is 2.61. The monoisotopic (exact) mass is 290 g/mol. The molecule has 0 aliphatic heterocycles. The molecule has 17 heavy (non-hydrogen) atoms. The minimum absolute atomic E-state index is 0.0190.